The fraction of sp³-hybridized carbons (Fsp3) is 0.378. The van der Waals surface area contributed by atoms with Crippen LogP contribution in [0.1, 0.15) is 81.1 Å². The van der Waals surface area contributed by atoms with Crippen LogP contribution in [0.5, 0.6) is 0 Å². The number of aromatic nitrogens is 2. The zero-order valence-electron chi connectivity index (χ0n) is 25.6. The van der Waals surface area contributed by atoms with Crippen LogP contribution in [0.25, 0.3) is 16.9 Å². The molecule has 6 rings (SSSR count). The molecule has 0 aliphatic heterocycles. The topological polar surface area (TPSA) is 74.3 Å². The normalized spacial score (nSPS) is 23.6. The standard InChI is InChI=1S/C37H40N2O4/c1-25-16-19-32-36(2,21-11-22-37(32,3)35(41)42-4)29(25)18-17-27-20-23-43-34(27)33(40)31-24-30(26-12-7-5-8-13-26)38-39(31)28-14-9-6-10-15-28/h5-10,12-15,20,23-24,32H,11,16-19,21-22H2,1-4H3/t32-,36-,37+/m1/s1. The molecule has 6 nitrogen and oxygen atoms in total. The van der Waals surface area contributed by atoms with E-state index in [2.05, 4.69) is 20.8 Å². The van der Waals surface area contributed by atoms with Crippen molar-refractivity contribution in [3.63, 3.8) is 0 Å². The summed E-state index contributed by atoms with van der Waals surface area (Å²) >= 11 is 0. The van der Waals surface area contributed by atoms with Crippen LogP contribution in [0.3, 0.4) is 0 Å². The van der Waals surface area contributed by atoms with Crippen LogP contribution in [0.15, 0.2) is 94.6 Å². The third-order valence-electron chi connectivity index (χ3n) is 10.2. The van der Waals surface area contributed by atoms with Gasteiger partial charge in [0.05, 0.1) is 30.2 Å². The monoisotopic (exact) mass is 576 g/mol. The average molecular weight is 577 g/mol. The molecule has 0 unspecified atom stereocenters. The second kappa shape index (κ2) is 11.5. The number of ether oxygens (including phenoxy) is 1. The van der Waals surface area contributed by atoms with Gasteiger partial charge in [-0.05, 0) is 88.0 Å². The zero-order chi connectivity index (χ0) is 30.2. The van der Waals surface area contributed by atoms with E-state index in [1.165, 1.54) is 18.3 Å². The van der Waals surface area contributed by atoms with Crippen molar-refractivity contribution in [2.45, 2.75) is 65.7 Å². The molecule has 0 spiro atoms. The van der Waals surface area contributed by atoms with Gasteiger partial charge in [-0.25, -0.2) is 4.68 Å². The number of ketones is 1. The molecule has 43 heavy (non-hydrogen) atoms. The van der Waals surface area contributed by atoms with Crippen molar-refractivity contribution in [2.75, 3.05) is 7.11 Å². The Morgan fingerprint density at radius 1 is 1.00 bits per heavy atom. The summed E-state index contributed by atoms with van der Waals surface area (Å²) < 4.78 is 12.9. The molecule has 2 aromatic carbocycles. The van der Waals surface area contributed by atoms with E-state index in [-0.39, 0.29) is 23.1 Å². The van der Waals surface area contributed by atoms with Crippen LogP contribution in [0, 0.1) is 16.7 Å². The Morgan fingerprint density at radius 3 is 2.44 bits per heavy atom. The maximum atomic E-state index is 14.1. The van der Waals surface area contributed by atoms with Crippen LogP contribution in [0.2, 0.25) is 0 Å². The van der Waals surface area contributed by atoms with Gasteiger partial charge >= 0.3 is 5.97 Å². The van der Waals surface area contributed by atoms with Gasteiger partial charge in [-0.3, -0.25) is 9.59 Å². The maximum absolute atomic E-state index is 14.1. The second-order valence-corrected chi connectivity index (χ2v) is 12.7. The number of para-hydroxylation sites is 1. The average Bonchev–Trinajstić information content (AvgIpc) is 3.69. The number of fused-ring (bicyclic) bond motifs is 1. The van der Waals surface area contributed by atoms with E-state index in [9.17, 15) is 9.59 Å². The largest absolute Gasteiger partial charge is 0.469 e. The molecule has 4 aromatic rings. The molecular formula is C37H40N2O4. The van der Waals surface area contributed by atoms with E-state index in [1.54, 1.807) is 10.9 Å². The fourth-order valence-corrected chi connectivity index (χ4v) is 8.02. The van der Waals surface area contributed by atoms with Crippen molar-refractivity contribution >= 4 is 11.8 Å². The summed E-state index contributed by atoms with van der Waals surface area (Å²) in [5, 5.41) is 4.84. The summed E-state index contributed by atoms with van der Waals surface area (Å²) in [6.45, 7) is 6.69. The molecule has 2 aromatic heterocycles. The first-order valence-corrected chi connectivity index (χ1v) is 15.4. The third-order valence-corrected chi connectivity index (χ3v) is 10.2. The van der Waals surface area contributed by atoms with Crippen molar-refractivity contribution < 1.29 is 18.7 Å². The molecular weight excluding hydrogens is 536 g/mol. The van der Waals surface area contributed by atoms with Gasteiger partial charge in [0.1, 0.15) is 5.69 Å². The number of rotatable bonds is 8. The number of esters is 1. The number of allylic oxidation sites excluding steroid dienone is 2. The highest BCUT2D eigenvalue weighted by molar-refractivity contribution is 6.07. The quantitative estimate of drug-likeness (QED) is 0.120. The number of benzene rings is 2. The molecule has 0 amide bonds. The van der Waals surface area contributed by atoms with E-state index in [0.717, 1.165) is 61.0 Å². The molecule has 0 saturated heterocycles. The van der Waals surface area contributed by atoms with Crippen molar-refractivity contribution in [3.8, 4) is 16.9 Å². The Bertz CT molecular complexity index is 1660. The summed E-state index contributed by atoms with van der Waals surface area (Å²) in [7, 11) is 1.51. The molecule has 0 radical (unpaired) electrons. The molecule has 1 fully saturated rings. The highest BCUT2D eigenvalue weighted by Crippen LogP contribution is 2.60. The molecule has 1 saturated carbocycles. The second-order valence-electron chi connectivity index (χ2n) is 12.7. The number of carbonyl (C=O) groups excluding carboxylic acids is 2. The summed E-state index contributed by atoms with van der Waals surface area (Å²) in [6, 6.07) is 23.4. The Labute approximate surface area is 253 Å². The number of hydrogen-bond acceptors (Lipinski definition) is 5. The molecule has 2 aliphatic rings. The molecule has 0 N–H and O–H groups in total. The number of nitrogens with zero attached hydrogens (tertiary/aromatic N) is 2. The van der Waals surface area contributed by atoms with E-state index >= 15 is 0 Å². The van der Waals surface area contributed by atoms with Crippen LogP contribution >= 0.6 is 0 Å². The number of furan rings is 1. The molecule has 3 atom stereocenters. The molecule has 222 valence electrons. The Hall–Kier alpha value is -4.19. The van der Waals surface area contributed by atoms with Crippen LogP contribution in [-0.4, -0.2) is 28.6 Å². The number of hydrogen-bond donors (Lipinski definition) is 0. The van der Waals surface area contributed by atoms with Gasteiger partial charge in [-0.1, -0.05) is 73.0 Å². The third kappa shape index (κ3) is 5.07. The molecule has 2 aliphatic carbocycles. The lowest BCUT2D eigenvalue weighted by molar-refractivity contribution is -0.163. The fourth-order valence-electron chi connectivity index (χ4n) is 8.02. The van der Waals surface area contributed by atoms with Crippen molar-refractivity contribution in [2.24, 2.45) is 16.7 Å². The lowest BCUT2D eigenvalue weighted by atomic mass is 9.49. The van der Waals surface area contributed by atoms with Crippen LogP contribution in [-0.2, 0) is 16.0 Å². The number of methoxy groups -OCH3 is 1. The van der Waals surface area contributed by atoms with E-state index in [1.807, 2.05) is 72.8 Å². The van der Waals surface area contributed by atoms with E-state index in [4.69, 9.17) is 14.3 Å². The molecule has 2 heterocycles. The Balaban J connectivity index is 1.30. The molecule has 0 bridgehead atoms. The van der Waals surface area contributed by atoms with E-state index < -0.39 is 5.41 Å². The summed E-state index contributed by atoms with van der Waals surface area (Å²) in [5.41, 5.74) is 6.14. The highest BCUT2D eigenvalue weighted by Gasteiger charge is 2.55. The van der Waals surface area contributed by atoms with Gasteiger partial charge in [0.25, 0.3) is 0 Å². The van der Waals surface area contributed by atoms with Gasteiger partial charge in [-0.2, -0.15) is 5.10 Å². The molecule has 6 heteroatoms. The van der Waals surface area contributed by atoms with E-state index in [0.29, 0.717) is 17.9 Å². The first-order chi connectivity index (χ1) is 20.8. The van der Waals surface area contributed by atoms with Gasteiger partial charge in [0, 0.05) is 11.1 Å². The predicted octanol–water partition coefficient (Wildman–Crippen LogP) is 8.39. The minimum Gasteiger partial charge on any atom is -0.469 e. The van der Waals surface area contributed by atoms with Gasteiger partial charge in [-0.15, -0.1) is 0 Å². The summed E-state index contributed by atoms with van der Waals surface area (Å²) in [4.78, 5) is 27.1. The summed E-state index contributed by atoms with van der Waals surface area (Å²) in [6.07, 6.45) is 8.04. The van der Waals surface area contributed by atoms with Crippen LogP contribution in [0.4, 0.5) is 0 Å². The van der Waals surface area contributed by atoms with Gasteiger partial charge < -0.3 is 9.15 Å². The SMILES string of the molecule is COC(=O)[C@@]1(C)CCC[C@]2(C)C(CCc3ccoc3C(=O)c3cc(-c4ccccc4)nn3-c3ccccc3)=C(C)CC[C@@H]12. The number of carbonyl (C=O) groups is 2. The predicted molar refractivity (Wildman–Crippen MR) is 167 cm³/mol. The maximum Gasteiger partial charge on any atom is 0.311 e. The highest BCUT2D eigenvalue weighted by atomic mass is 16.5. The number of aryl methyl sites for hydroxylation is 1. The Kier molecular flexibility index (Phi) is 7.72. The van der Waals surface area contributed by atoms with Crippen molar-refractivity contribution in [1.82, 2.24) is 9.78 Å². The minimum absolute atomic E-state index is 0.0755. The van der Waals surface area contributed by atoms with Crippen LogP contribution < -0.4 is 0 Å². The first-order valence-electron chi connectivity index (χ1n) is 15.4. The van der Waals surface area contributed by atoms with Gasteiger partial charge in [0.2, 0.25) is 5.78 Å². The Morgan fingerprint density at radius 2 is 1.72 bits per heavy atom. The lowest BCUT2D eigenvalue weighted by Crippen LogP contribution is -2.50. The zero-order valence-corrected chi connectivity index (χ0v) is 25.6. The smallest absolute Gasteiger partial charge is 0.311 e. The first kappa shape index (κ1) is 28.9. The lowest BCUT2D eigenvalue weighted by Gasteiger charge is -2.54. The van der Waals surface area contributed by atoms with Crippen molar-refractivity contribution in [3.05, 3.63) is 107 Å². The minimum atomic E-state index is -0.475. The van der Waals surface area contributed by atoms with Gasteiger partial charge in [0.15, 0.2) is 5.76 Å². The van der Waals surface area contributed by atoms with Crippen molar-refractivity contribution in [1.29, 1.82) is 0 Å². The summed E-state index contributed by atoms with van der Waals surface area (Å²) in [5.74, 6) is 0.320.